The zero-order valence-electron chi connectivity index (χ0n) is 9.93. The third-order valence-electron chi connectivity index (χ3n) is 2.72. The largest absolute Gasteiger partial charge is 0.417 e. The van der Waals surface area contributed by atoms with Crippen molar-refractivity contribution in [2.24, 2.45) is 0 Å². The van der Waals surface area contributed by atoms with Gasteiger partial charge in [-0.15, -0.1) is 6.42 Å². The van der Waals surface area contributed by atoms with Gasteiger partial charge >= 0.3 is 6.18 Å². The van der Waals surface area contributed by atoms with E-state index in [1.807, 2.05) is 5.92 Å². The van der Waals surface area contributed by atoms with Crippen LogP contribution in [0.25, 0.3) is 11.1 Å². The van der Waals surface area contributed by atoms with Gasteiger partial charge in [-0.25, -0.2) is 0 Å². The Hall–Kier alpha value is -1.63. The molecule has 0 aliphatic heterocycles. The summed E-state index contributed by atoms with van der Waals surface area (Å²) < 4.78 is 38.8. The maximum absolute atomic E-state index is 12.9. The van der Waals surface area contributed by atoms with Crippen LogP contribution in [0.4, 0.5) is 13.2 Å². The predicted molar refractivity (Wildman–Crippen MR) is 74.8 cm³/mol. The number of hydrogen-bond acceptors (Lipinski definition) is 0. The first-order chi connectivity index (χ1) is 9.32. The van der Waals surface area contributed by atoms with E-state index in [-0.39, 0.29) is 10.6 Å². The molecule has 0 saturated carbocycles. The summed E-state index contributed by atoms with van der Waals surface area (Å²) in [5, 5.41) is 0.689. The monoisotopic (exact) mass is 314 g/mol. The quantitative estimate of drug-likeness (QED) is 0.596. The van der Waals surface area contributed by atoms with Crippen molar-refractivity contribution in [2.75, 3.05) is 0 Å². The van der Waals surface area contributed by atoms with Gasteiger partial charge in [0.25, 0.3) is 0 Å². The van der Waals surface area contributed by atoms with Gasteiger partial charge in [0.05, 0.1) is 5.56 Å². The van der Waals surface area contributed by atoms with Crippen LogP contribution in [-0.2, 0) is 6.18 Å². The van der Waals surface area contributed by atoms with Crippen LogP contribution in [0.2, 0.25) is 10.0 Å². The molecule has 2 rings (SSSR count). The maximum atomic E-state index is 12.9. The summed E-state index contributed by atoms with van der Waals surface area (Å²) in [4.78, 5) is 0. The molecule has 0 bridgehead atoms. The van der Waals surface area contributed by atoms with Crippen molar-refractivity contribution in [3.05, 3.63) is 57.6 Å². The Kier molecular flexibility index (Phi) is 3.99. The van der Waals surface area contributed by atoms with E-state index in [0.717, 1.165) is 6.07 Å². The second-order valence-corrected chi connectivity index (χ2v) is 4.87. The number of halogens is 5. The fourth-order valence-electron chi connectivity index (χ4n) is 1.80. The zero-order chi connectivity index (χ0) is 14.9. The molecule has 0 aliphatic rings. The summed E-state index contributed by atoms with van der Waals surface area (Å²) in [6.07, 6.45) is 0.575. The molecule has 102 valence electrons. The van der Waals surface area contributed by atoms with Crippen LogP contribution in [0.3, 0.4) is 0 Å². The molecule has 0 nitrogen and oxygen atoms in total. The Labute approximate surface area is 124 Å². The minimum absolute atomic E-state index is 0.202. The molecule has 0 radical (unpaired) electrons. The molecule has 0 N–H and O–H groups in total. The van der Waals surface area contributed by atoms with Crippen LogP contribution in [0.15, 0.2) is 36.4 Å². The third kappa shape index (κ3) is 2.92. The highest BCUT2D eigenvalue weighted by atomic mass is 35.5. The summed E-state index contributed by atoms with van der Waals surface area (Å²) >= 11 is 11.8. The summed E-state index contributed by atoms with van der Waals surface area (Å²) in [5.74, 6) is 2.03. The second kappa shape index (κ2) is 5.40. The molecule has 0 heterocycles. The molecule has 0 aromatic heterocycles. The molecular weight excluding hydrogens is 308 g/mol. The van der Waals surface area contributed by atoms with Gasteiger partial charge in [-0.1, -0.05) is 41.3 Å². The molecule has 0 unspecified atom stereocenters. The smallest absolute Gasteiger partial charge is 0.166 e. The fraction of sp³-hybridized carbons (Fsp3) is 0.0667. The van der Waals surface area contributed by atoms with Crippen molar-refractivity contribution in [2.45, 2.75) is 6.18 Å². The molecule has 20 heavy (non-hydrogen) atoms. The highest BCUT2D eigenvalue weighted by Gasteiger charge is 2.33. The average Bonchev–Trinajstić information content (AvgIpc) is 2.37. The minimum atomic E-state index is -4.52. The molecule has 0 fully saturated rings. The Morgan fingerprint density at radius 1 is 1.00 bits per heavy atom. The van der Waals surface area contributed by atoms with Gasteiger partial charge in [0.15, 0.2) is 0 Å². The Bertz CT molecular complexity index is 697. The Morgan fingerprint density at radius 3 is 2.25 bits per heavy atom. The van der Waals surface area contributed by atoms with Gasteiger partial charge in [0.2, 0.25) is 0 Å². The average molecular weight is 315 g/mol. The van der Waals surface area contributed by atoms with Crippen LogP contribution in [0.1, 0.15) is 11.1 Å². The van der Waals surface area contributed by atoms with E-state index >= 15 is 0 Å². The SMILES string of the molecule is C#Cc1ccc(-c2ccc(Cl)cc2Cl)cc1C(F)(F)F. The lowest BCUT2D eigenvalue weighted by molar-refractivity contribution is -0.137. The van der Waals surface area contributed by atoms with Gasteiger partial charge in [-0.05, 0) is 29.8 Å². The van der Waals surface area contributed by atoms with Gasteiger partial charge in [-0.2, -0.15) is 13.2 Å². The molecule has 0 amide bonds. The minimum Gasteiger partial charge on any atom is -0.166 e. The number of hydrogen-bond donors (Lipinski definition) is 0. The number of alkyl halides is 3. The first kappa shape index (κ1) is 14.8. The van der Waals surface area contributed by atoms with Crippen LogP contribution in [0.5, 0.6) is 0 Å². The summed E-state index contributed by atoms with van der Waals surface area (Å²) in [6.45, 7) is 0. The van der Waals surface area contributed by atoms with E-state index in [9.17, 15) is 13.2 Å². The molecule has 0 saturated heterocycles. The lowest BCUT2D eigenvalue weighted by Crippen LogP contribution is -2.08. The molecule has 0 spiro atoms. The van der Waals surface area contributed by atoms with Gasteiger partial charge < -0.3 is 0 Å². The van der Waals surface area contributed by atoms with E-state index in [0.29, 0.717) is 16.1 Å². The van der Waals surface area contributed by atoms with Crippen LogP contribution in [0, 0.1) is 12.3 Å². The predicted octanol–water partition coefficient (Wildman–Crippen LogP) is 5.66. The standard InChI is InChI=1S/C15H7Cl2F3/c1-2-9-3-4-10(7-13(9)15(18,19)20)12-6-5-11(16)8-14(12)17/h1,3-8H. The van der Waals surface area contributed by atoms with Crippen molar-refractivity contribution in [1.29, 1.82) is 0 Å². The number of rotatable bonds is 1. The van der Waals surface area contributed by atoms with Crippen LogP contribution >= 0.6 is 23.2 Å². The first-order valence-corrected chi connectivity index (χ1v) is 6.22. The van der Waals surface area contributed by atoms with E-state index < -0.39 is 11.7 Å². The summed E-state index contributed by atoms with van der Waals surface area (Å²) in [5.41, 5.74) is -0.266. The van der Waals surface area contributed by atoms with Crippen molar-refractivity contribution in [3.8, 4) is 23.5 Å². The van der Waals surface area contributed by atoms with Crippen molar-refractivity contribution >= 4 is 23.2 Å². The third-order valence-corrected chi connectivity index (χ3v) is 3.27. The molecule has 0 aliphatic carbocycles. The fourth-order valence-corrected chi connectivity index (χ4v) is 2.31. The zero-order valence-corrected chi connectivity index (χ0v) is 11.4. The highest BCUT2D eigenvalue weighted by molar-refractivity contribution is 6.36. The molecule has 5 heteroatoms. The van der Waals surface area contributed by atoms with Gasteiger partial charge in [0, 0.05) is 21.2 Å². The maximum Gasteiger partial charge on any atom is 0.417 e. The number of benzene rings is 2. The number of terminal acetylenes is 1. The van der Waals surface area contributed by atoms with Crippen molar-refractivity contribution < 1.29 is 13.2 Å². The van der Waals surface area contributed by atoms with Crippen LogP contribution < -0.4 is 0 Å². The molecular formula is C15H7Cl2F3. The highest BCUT2D eigenvalue weighted by Crippen LogP contribution is 2.37. The normalized spacial score (nSPS) is 11.2. The topological polar surface area (TPSA) is 0 Å². The lowest BCUT2D eigenvalue weighted by atomic mass is 9.99. The first-order valence-electron chi connectivity index (χ1n) is 5.46. The molecule has 0 atom stereocenters. The summed E-state index contributed by atoms with van der Waals surface area (Å²) in [6, 6.07) is 8.34. The van der Waals surface area contributed by atoms with Crippen molar-refractivity contribution in [1.82, 2.24) is 0 Å². The Balaban J connectivity index is 2.63. The van der Waals surface area contributed by atoms with Crippen LogP contribution in [-0.4, -0.2) is 0 Å². The molecule has 2 aromatic rings. The van der Waals surface area contributed by atoms with E-state index in [1.165, 1.54) is 18.2 Å². The van der Waals surface area contributed by atoms with E-state index in [4.69, 9.17) is 29.6 Å². The lowest BCUT2D eigenvalue weighted by Gasteiger charge is -2.12. The van der Waals surface area contributed by atoms with E-state index in [2.05, 4.69) is 0 Å². The van der Waals surface area contributed by atoms with Gasteiger partial charge in [0.1, 0.15) is 0 Å². The molecule has 2 aromatic carbocycles. The van der Waals surface area contributed by atoms with Crippen molar-refractivity contribution in [3.63, 3.8) is 0 Å². The Morgan fingerprint density at radius 2 is 1.70 bits per heavy atom. The second-order valence-electron chi connectivity index (χ2n) is 4.03. The van der Waals surface area contributed by atoms with E-state index in [1.54, 1.807) is 12.1 Å². The van der Waals surface area contributed by atoms with Gasteiger partial charge in [-0.3, -0.25) is 0 Å². The summed E-state index contributed by atoms with van der Waals surface area (Å²) in [7, 11) is 0.